The van der Waals surface area contributed by atoms with Gasteiger partial charge in [0.2, 0.25) is 15.9 Å². The van der Waals surface area contributed by atoms with Gasteiger partial charge in [0, 0.05) is 18.5 Å². The molecule has 3 aromatic rings. The van der Waals surface area contributed by atoms with Gasteiger partial charge in [-0.15, -0.1) is 0 Å². The van der Waals surface area contributed by atoms with Crippen LogP contribution in [0.15, 0.2) is 71.6 Å². The summed E-state index contributed by atoms with van der Waals surface area (Å²) in [6.07, 6.45) is 1.34. The Kier molecular flexibility index (Phi) is 6.77. The van der Waals surface area contributed by atoms with Crippen molar-refractivity contribution < 1.29 is 17.9 Å². The van der Waals surface area contributed by atoms with Gasteiger partial charge in [-0.05, 0) is 43.4 Å². The second-order valence-corrected chi connectivity index (χ2v) is 10.1. The highest BCUT2D eigenvalue weighted by atomic mass is 32.2. The molecular formula is C25H28N2O4S. The molecule has 0 aliphatic carbocycles. The molecule has 0 saturated carbocycles. The molecule has 0 aromatic heterocycles. The zero-order chi connectivity index (χ0) is 22.6. The molecule has 0 radical (unpaired) electrons. The molecule has 1 aliphatic rings. The van der Waals surface area contributed by atoms with E-state index in [0.717, 1.165) is 22.1 Å². The zero-order valence-electron chi connectivity index (χ0n) is 18.2. The normalized spacial score (nSPS) is 17.2. The number of hydrogen-bond acceptors (Lipinski definition) is 4. The van der Waals surface area contributed by atoms with Gasteiger partial charge >= 0.3 is 0 Å². The van der Waals surface area contributed by atoms with Gasteiger partial charge < -0.3 is 10.1 Å². The van der Waals surface area contributed by atoms with Crippen LogP contribution in [0.2, 0.25) is 0 Å². The first-order valence-corrected chi connectivity index (χ1v) is 12.3. The predicted molar refractivity (Wildman–Crippen MR) is 125 cm³/mol. The van der Waals surface area contributed by atoms with Crippen LogP contribution in [-0.2, 0) is 14.8 Å². The smallest absolute Gasteiger partial charge is 0.243 e. The minimum Gasteiger partial charge on any atom is -0.491 e. The summed E-state index contributed by atoms with van der Waals surface area (Å²) >= 11 is 0. The number of sulfonamides is 1. The quantitative estimate of drug-likeness (QED) is 0.554. The Labute approximate surface area is 189 Å². The van der Waals surface area contributed by atoms with Crippen molar-refractivity contribution in [2.75, 3.05) is 26.2 Å². The summed E-state index contributed by atoms with van der Waals surface area (Å²) in [6.45, 7) is 3.26. The summed E-state index contributed by atoms with van der Waals surface area (Å²) in [4.78, 5) is 13.0. The van der Waals surface area contributed by atoms with E-state index in [1.807, 2.05) is 49.4 Å². The second-order valence-electron chi connectivity index (χ2n) is 8.13. The summed E-state index contributed by atoms with van der Waals surface area (Å²) in [6, 6.07) is 20.7. The fourth-order valence-electron chi connectivity index (χ4n) is 4.04. The number of benzene rings is 3. The highest BCUT2D eigenvalue weighted by molar-refractivity contribution is 7.89. The van der Waals surface area contributed by atoms with E-state index in [1.165, 1.54) is 4.31 Å². The van der Waals surface area contributed by atoms with Gasteiger partial charge in [0.1, 0.15) is 12.4 Å². The average molecular weight is 453 g/mol. The van der Waals surface area contributed by atoms with Crippen LogP contribution in [0.4, 0.5) is 0 Å². The topological polar surface area (TPSA) is 75.7 Å². The van der Waals surface area contributed by atoms with E-state index in [9.17, 15) is 13.2 Å². The van der Waals surface area contributed by atoms with Crippen molar-refractivity contribution >= 4 is 26.7 Å². The lowest BCUT2D eigenvalue weighted by atomic mass is 9.99. The molecule has 1 N–H and O–H groups in total. The van der Waals surface area contributed by atoms with E-state index in [1.54, 1.807) is 24.3 Å². The average Bonchev–Trinajstić information content (AvgIpc) is 2.82. The molecule has 0 spiro atoms. The number of rotatable bonds is 7. The molecule has 1 saturated heterocycles. The number of amides is 1. The first kappa shape index (κ1) is 22.3. The molecule has 6 nitrogen and oxygen atoms in total. The van der Waals surface area contributed by atoms with E-state index in [2.05, 4.69) is 5.32 Å². The first-order valence-electron chi connectivity index (χ1n) is 10.9. The Bertz CT molecular complexity index is 1190. The van der Waals surface area contributed by atoms with Gasteiger partial charge in [0.15, 0.2) is 0 Å². The Morgan fingerprint density at radius 2 is 1.81 bits per heavy atom. The minimum absolute atomic E-state index is 0.129. The summed E-state index contributed by atoms with van der Waals surface area (Å²) in [7, 11) is -3.60. The fourth-order valence-corrected chi connectivity index (χ4v) is 5.56. The molecule has 1 aliphatic heterocycles. The number of nitrogens with zero attached hydrogens (tertiary/aromatic N) is 1. The molecule has 1 atom stereocenters. The number of carbonyl (C=O) groups is 1. The Balaban J connectivity index is 1.31. The van der Waals surface area contributed by atoms with Gasteiger partial charge in [0.05, 0.1) is 17.4 Å². The van der Waals surface area contributed by atoms with Gasteiger partial charge in [-0.1, -0.05) is 54.1 Å². The minimum atomic E-state index is -3.60. The van der Waals surface area contributed by atoms with E-state index in [0.29, 0.717) is 32.5 Å². The van der Waals surface area contributed by atoms with Crippen LogP contribution in [0.5, 0.6) is 5.75 Å². The highest BCUT2D eigenvalue weighted by Gasteiger charge is 2.33. The lowest BCUT2D eigenvalue weighted by Crippen LogP contribution is -2.45. The summed E-state index contributed by atoms with van der Waals surface area (Å²) in [5.41, 5.74) is 1.01. The van der Waals surface area contributed by atoms with Crippen molar-refractivity contribution in [1.29, 1.82) is 0 Å². The molecule has 3 aromatic carbocycles. The van der Waals surface area contributed by atoms with Crippen LogP contribution < -0.4 is 10.1 Å². The number of nitrogens with one attached hydrogen (secondary N) is 1. The predicted octanol–water partition coefficient (Wildman–Crippen LogP) is 3.74. The van der Waals surface area contributed by atoms with Crippen molar-refractivity contribution in [2.45, 2.75) is 24.7 Å². The number of ether oxygens (including phenoxy) is 1. The molecule has 1 heterocycles. The van der Waals surface area contributed by atoms with E-state index < -0.39 is 10.0 Å². The third-order valence-corrected chi connectivity index (χ3v) is 7.70. The van der Waals surface area contributed by atoms with Gasteiger partial charge in [-0.2, -0.15) is 4.31 Å². The molecule has 4 rings (SSSR count). The molecule has 7 heteroatoms. The highest BCUT2D eigenvalue weighted by Crippen LogP contribution is 2.26. The maximum Gasteiger partial charge on any atom is 0.243 e. The molecule has 1 fully saturated rings. The molecule has 1 amide bonds. The van der Waals surface area contributed by atoms with Crippen molar-refractivity contribution in [3.63, 3.8) is 0 Å². The number of aryl methyl sites for hydroxylation is 1. The van der Waals surface area contributed by atoms with Crippen LogP contribution in [0.1, 0.15) is 18.4 Å². The van der Waals surface area contributed by atoms with E-state index in [4.69, 9.17) is 4.74 Å². The third-order valence-electron chi connectivity index (χ3n) is 5.82. The summed E-state index contributed by atoms with van der Waals surface area (Å²) in [5, 5.41) is 5.04. The van der Waals surface area contributed by atoms with Crippen LogP contribution in [0.25, 0.3) is 10.8 Å². The monoisotopic (exact) mass is 452 g/mol. The summed E-state index contributed by atoms with van der Waals surface area (Å²) in [5.74, 6) is 0.294. The van der Waals surface area contributed by atoms with Crippen LogP contribution in [-0.4, -0.2) is 44.9 Å². The lowest BCUT2D eigenvalue weighted by molar-refractivity contribution is -0.126. The van der Waals surface area contributed by atoms with Gasteiger partial charge in [0.25, 0.3) is 0 Å². The van der Waals surface area contributed by atoms with E-state index in [-0.39, 0.29) is 23.3 Å². The van der Waals surface area contributed by atoms with Crippen LogP contribution >= 0.6 is 0 Å². The maximum atomic E-state index is 13.0. The first-order chi connectivity index (χ1) is 15.4. The van der Waals surface area contributed by atoms with E-state index >= 15 is 0 Å². The number of piperidine rings is 1. The van der Waals surface area contributed by atoms with Crippen molar-refractivity contribution in [2.24, 2.45) is 5.92 Å². The Hall–Kier alpha value is -2.90. The molecule has 168 valence electrons. The zero-order valence-corrected chi connectivity index (χ0v) is 19.0. The largest absolute Gasteiger partial charge is 0.491 e. The number of fused-ring (bicyclic) bond motifs is 1. The molecular weight excluding hydrogens is 424 g/mol. The van der Waals surface area contributed by atoms with Crippen molar-refractivity contribution in [3.8, 4) is 5.75 Å². The van der Waals surface area contributed by atoms with Crippen LogP contribution in [0, 0.1) is 12.8 Å². The maximum absolute atomic E-state index is 13.0. The van der Waals surface area contributed by atoms with Gasteiger partial charge in [-0.25, -0.2) is 8.42 Å². The second kappa shape index (κ2) is 9.71. The van der Waals surface area contributed by atoms with Crippen molar-refractivity contribution in [1.82, 2.24) is 9.62 Å². The summed E-state index contributed by atoms with van der Waals surface area (Å²) < 4.78 is 33.2. The lowest BCUT2D eigenvalue weighted by Gasteiger charge is -2.31. The third kappa shape index (κ3) is 4.95. The van der Waals surface area contributed by atoms with Gasteiger partial charge in [-0.3, -0.25) is 4.79 Å². The number of carbonyl (C=O) groups excluding carboxylic acids is 1. The molecule has 0 bridgehead atoms. The molecule has 1 unspecified atom stereocenters. The Morgan fingerprint density at radius 1 is 1.06 bits per heavy atom. The Morgan fingerprint density at radius 3 is 2.62 bits per heavy atom. The fraction of sp³-hybridized carbons (Fsp3) is 0.320. The van der Waals surface area contributed by atoms with Crippen molar-refractivity contribution in [3.05, 3.63) is 72.3 Å². The number of hydrogen-bond donors (Lipinski definition) is 1. The SMILES string of the molecule is Cc1ccc(S(=O)(=O)N2CCCC(C(=O)NCCOc3cccc4ccccc34)C2)cc1. The standard InChI is InChI=1S/C25H28N2O4S/c1-19-11-13-22(14-12-19)32(29,30)27-16-5-8-21(18-27)25(28)26-15-17-31-24-10-4-7-20-6-2-3-9-23(20)24/h2-4,6-7,9-14,21H,5,8,15-18H2,1H3,(H,26,28). The molecule has 32 heavy (non-hydrogen) atoms. The van der Waals surface area contributed by atoms with Crippen LogP contribution in [0.3, 0.4) is 0 Å².